The Kier molecular flexibility index (Phi) is 5.36. The standard InChI is InChI=1S/C15H24N2O2/c1-5-9-19-13-8-6-7-12(10-13)14(18)17(4)15(2,3)11-16/h6-8,10H,5,9,11,16H2,1-4H3. The zero-order valence-corrected chi connectivity index (χ0v) is 12.3. The van der Waals surface area contributed by atoms with Crippen molar-refractivity contribution >= 4 is 5.91 Å². The number of likely N-dealkylation sites (N-methyl/N-ethyl adjacent to an activating group) is 1. The lowest BCUT2D eigenvalue weighted by atomic mass is 10.0. The first-order chi connectivity index (χ1) is 8.92. The van der Waals surface area contributed by atoms with E-state index in [-0.39, 0.29) is 11.4 Å². The number of carbonyl (C=O) groups excluding carboxylic acids is 1. The molecule has 0 unspecified atom stereocenters. The van der Waals surface area contributed by atoms with E-state index in [0.29, 0.717) is 18.7 Å². The molecule has 1 aromatic carbocycles. The van der Waals surface area contributed by atoms with E-state index in [0.717, 1.165) is 12.2 Å². The van der Waals surface area contributed by atoms with E-state index >= 15 is 0 Å². The number of amides is 1. The molecular formula is C15H24N2O2. The summed E-state index contributed by atoms with van der Waals surface area (Å²) in [4.78, 5) is 14.1. The molecule has 0 radical (unpaired) electrons. The predicted molar refractivity (Wildman–Crippen MR) is 77.5 cm³/mol. The second kappa shape index (κ2) is 6.57. The smallest absolute Gasteiger partial charge is 0.254 e. The van der Waals surface area contributed by atoms with E-state index in [1.165, 1.54) is 0 Å². The van der Waals surface area contributed by atoms with Gasteiger partial charge in [0, 0.05) is 24.7 Å². The molecule has 1 aromatic rings. The quantitative estimate of drug-likeness (QED) is 0.857. The van der Waals surface area contributed by atoms with Gasteiger partial charge in [0.25, 0.3) is 5.91 Å². The minimum atomic E-state index is -0.364. The number of nitrogens with two attached hydrogens (primary N) is 1. The van der Waals surface area contributed by atoms with Gasteiger partial charge in [0.2, 0.25) is 0 Å². The lowest BCUT2D eigenvalue weighted by Gasteiger charge is -2.34. The van der Waals surface area contributed by atoms with Gasteiger partial charge in [-0.15, -0.1) is 0 Å². The Labute approximate surface area is 115 Å². The van der Waals surface area contributed by atoms with Crippen molar-refractivity contribution in [1.29, 1.82) is 0 Å². The van der Waals surface area contributed by atoms with Crippen LogP contribution in [-0.2, 0) is 0 Å². The minimum absolute atomic E-state index is 0.0441. The Morgan fingerprint density at radius 2 is 2.11 bits per heavy atom. The minimum Gasteiger partial charge on any atom is -0.494 e. The van der Waals surface area contributed by atoms with Crippen LogP contribution in [0.1, 0.15) is 37.6 Å². The maximum atomic E-state index is 12.4. The van der Waals surface area contributed by atoms with Gasteiger partial charge in [-0.05, 0) is 38.5 Å². The van der Waals surface area contributed by atoms with Crippen molar-refractivity contribution in [2.75, 3.05) is 20.2 Å². The highest BCUT2D eigenvalue weighted by Crippen LogP contribution is 2.18. The number of hydrogen-bond donors (Lipinski definition) is 1. The van der Waals surface area contributed by atoms with Gasteiger partial charge in [-0.2, -0.15) is 0 Å². The lowest BCUT2D eigenvalue weighted by Crippen LogP contribution is -2.50. The van der Waals surface area contributed by atoms with Crippen LogP contribution in [-0.4, -0.2) is 36.5 Å². The summed E-state index contributed by atoms with van der Waals surface area (Å²) < 4.78 is 5.54. The molecule has 0 fully saturated rings. The zero-order chi connectivity index (χ0) is 14.5. The lowest BCUT2D eigenvalue weighted by molar-refractivity contribution is 0.0639. The van der Waals surface area contributed by atoms with Crippen molar-refractivity contribution in [2.45, 2.75) is 32.7 Å². The summed E-state index contributed by atoms with van der Waals surface area (Å²) in [6.45, 7) is 7.01. The van der Waals surface area contributed by atoms with Crippen molar-refractivity contribution in [3.63, 3.8) is 0 Å². The van der Waals surface area contributed by atoms with Crippen LogP contribution in [0.4, 0.5) is 0 Å². The van der Waals surface area contributed by atoms with Gasteiger partial charge >= 0.3 is 0 Å². The largest absolute Gasteiger partial charge is 0.494 e. The average Bonchev–Trinajstić information content (AvgIpc) is 2.43. The van der Waals surface area contributed by atoms with Crippen LogP contribution in [0, 0.1) is 0 Å². The van der Waals surface area contributed by atoms with Crippen molar-refractivity contribution in [3.8, 4) is 5.75 Å². The van der Waals surface area contributed by atoms with Crippen LogP contribution >= 0.6 is 0 Å². The van der Waals surface area contributed by atoms with Crippen molar-refractivity contribution in [1.82, 2.24) is 4.90 Å². The topological polar surface area (TPSA) is 55.6 Å². The number of nitrogens with zero attached hydrogens (tertiary/aromatic N) is 1. The first-order valence-electron chi connectivity index (χ1n) is 6.63. The highest BCUT2D eigenvalue weighted by atomic mass is 16.5. The van der Waals surface area contributed by atoms with Gasteiger partial charge in [-0.1, -0.05) is 13.0 Å². The fourth-order valence-electron chi connectivity index (χ4n) is 1.54. The molecule has 19 heavy (non-hydrogen) atoms. The molecule has 0 saturated carbocycles. The molecule has 0 saturated heterocycles. The van der Waals surface area contributed by atoms with E-state index in [4.69, 9.17) is 10.5 Å². The normalized spacial score (nSPS) is 11.2. The molecule has 4 heteroatoms. The summed E-state index contributed by atoms with van der Waals surface area (Å²) in [5, 5.41) is 0. The Morgan fingerprint density at radius 3 is 2.68 bits per heavy atom. The summed E-state index contributed by atoms with van der Waals surface area (Å²) >= 11 is 0. The number of hydrogen-bond acceptors (Lipinski definition) is 3. The van der Waals surface area contributed by atoms with Crippen LogP contribution in [0.15, 0.2) is 24.3 Å². The van der Waals surface area contributed by atoms with E-state index in [1.807, 2.05) is 32.9 Å². The van der Waals surface area contributed by atoms with Gasteiger partial charge in [-0.25, -0.2) is 0 Å². The molecule has 0 aromatic heterocycles. The summed E-state index contributed by atoms with van der Waals surface area (Å²) in [6, 6.07) is 7.27. The van der Waals surface area contributed by atoms with Gasteiger partial charge in [-0.3, -0.25) is 4.79 Å². The van der Waals surface area contributed by atoms with E-state index in [1.54, 1.807) is 24.1 Å². The molecule has 0 bridgehead atoms. The highest BCUT2D eigenvalue weighted by molar-refractivity contribution is 5.94. The SMILES string of the molecule is CCCOc1cccc(C(=O)N(C)C(C)(C)CN)c1. The fourth-order valence-corrected chi connectivity index (χ4v) is 1.54. The average molecular weight is 264 g/mol. The maximum Gasteiger partial charge on any atom is 0.254 e. The molecular weight excluding hydrogens is 240 g/mol. The van der Waals surface area contributed by atoms with Crippen molar-refractivity contribution < 1.29 is 9.53 Å². The fraction of sp³-hybridized carbons (Fsp3) is 0.533. The number of rotatable bonds is 6. The van der Waals surface area contributed by atoms with Crippen molar-refractivity contribution in [3.05, 3.63) is 29.8 Å². The van der Waals surface area contributed by atoms with Gasteiger partial charge in [0.15, 0.2) is 0 Å². The van der Waals surface area contributed by atoms with E-state index in [9.17, 15) is 4.79 Å². The molecule has 0 aliphatic heterocycles. The Hall–Kier alpha value is -1.55. The third kappa shape index (κ3) is 3.96. The number of benzene rings is 1. The molecule has 1 amide bonds. The second-order valence-corrected chi connectivity index (χ2v) is 5.26. The van der Waals surface area contributed by atoms with Gasteiger partial charge in [0.1, 0.15) is 5.75 Å². The van der Waals surface area contributed by atoms with Crippen LogP contribution in [0.2, 0.25) is 0 Å². The zero-order valence-electron chi connectivity index (χ0n) is 12.3. The number of ether oxygens (including phenoxy) is 1. The molecule has 0 aliphatic carbocycles. The Morgan fingerprint density at radius 1 is 1.42 bits per heavy atom. The molecule has 1 rings (SSSR count). The third-order valence-corrected chi connectivity index (χ3v) is 3.27. The number of carbonyl (C=O) groups is 1. The summed E-state index contributed by atoms with van der Waals surface area (Å²) in [5.41, 5.74) is 5.96. The molecule has 0 spiro atoms. The Bertz CT molecular complexity index is 430. The predicted octanol–water partition coefficient (Wildman–Crippen LogP) is 2.28. The van der Waals surface area contributed by atoms with Crippen LogP contribution in [0.25, 0.3) is 0 Å². The molecule has 2 N–H and O–H groups in total. The maximum absolute atomic E-state index is 12.4. The van der Waals surface area contributed by atoms with E-state index in [2.05, 4.69) is 0 Å². The Balaban J connectivity index is 2.88. The van der Waals surface area contributed by atoms with Crippen LogP contribution < -0.4 is 10.5 Å². The summed E-state index contributed by atoms with van der Waals surface area (Å²) in [6.07, 6.45) is 0.943. The molecule has 0 aliphatic rings. The first kappa shape index (κ1) is 15.5. The monoisotopic (exact) mass is 264 g/mol. The third-order valence-electron chi connectivity index (χ3n) is 3.27. The van der Waals surface area contributed by atoms with Crippen molar-refractivity contribution in [2.24, 2.45) is 5.73 Å². The van der Waals surface area contributed by atoms with E-state index < -0.39 is 0 Å². The van der Waals surface area contributed by atoms with Crippen LogP contribution in [0.5, 0.6) is 5.75 Å². The molecule has 0 atom stereocenters. The van der Waals surface area contributed by atoms with Gasteiger partial charge in [0.05, 0.1) is 6.61 Å². The van der Waals surface area contributed by atoms with Crippen LogP contribution in [0.3, 0.4) is 0 Å². The highest BCUT2D eigenvalue weighted by Gasteiger charge is 2.26. The summed E-state index contributed by atoms with van der Waals surface area (Å²) in [5.74, 6) is 0.684. The molecule has 106 valence electrons. The molecule has 4 nitrogen and oxygen atoms in total. The van der Waals surface area contributed by atoms with Gasteiger partial charge < -0.3 is 15.4 Å². The first-order valence-corrected chi connectivity index (χ1v) is 6.63. The second-order valence-electron chi connectivity index (χ2n) is 5.26. The molecule has 0 heterocycles. The summed E-state index contributed by atoms with van der Waals surface area (Å²) in [7, 11) is 1.77.